The van der Waals surface area contributed by atoms with Crippen molar-refractivity contribution in [1.29, 1.82) is 0 Å². The van der Waals surface area contributed by atoms with Crippen molar-refractivity contribution in [2.45, 2.75) is 126 Å². The molecular formula is C23H56O4. The molecule has 0 saturated heterocycles. The van der Waals surface area contributed by atoms with Crippen LogP contribution in [0.1, 0.15) is 120 Å². The summed E-state index contributed by atoms with van der Waals surface area (Å²) in [6.07, 6.45) is 11.9. The summed E-state index contributed by atoms with van der Waals surface area (Å²) in [6, 6.07) is 0. The fraction of sp³-hybridized carbons (Fsp3) is 1.00. The van der Waals surface area contributed by atoms with Crippen molar-refractivity contribution >= 4 is 0 Å². The predicted octanol–water partition coefficient (Wildman–Crippen LogP) is 6.35. The maximum atomic E-state index is 8.17. The van der Waals surface area contributed by atoms with Crippen molar-refractivity contribution in [1.82, 2.24) is 0 Å². The van der Waals surface area contributed by atoms with E-state index < -0.39 is 6.10 Å². The molecule has 0 atom stereocenters. The molecule has 0 spiro atoms. The molecule has 0 heterocycles. The van der Waals surface area contributed by atoms with Gasteiger partial charge in [0.15, 0.2) is 0 Å². The molecule has 0 amide bonds. The molecule has 0 aliphatic heterocycles. The molecule has 0 rings (SSSR count). The van der Waals surface area contributed by atoms with Crippen molar-refractivity contribution in [3.8, 4) is 0 Å². The third-order valence-corrected chi connectivity index (χ3v) is 2.91. The zero-order chi connectivity index (χ0) is 22.2. The second-order valence-corrected chi connectivity index (χ2v) is 6.40. The molecule has 172 valence electrons. The Morgan fingerprint density at radius 1 is 0.556 bits per heavy atom. The first-order chi connectivity index (χ1) is 13.0. The maximum absolute atomic E-state index is 8.17. The third kappa shape index (κ3) is 89.1. The zero-order valence-corrected chi connectivity index (χ0v) is 20.2. The SMILES string of the molecule is CCC.CCCC.CCCCC.CCCCOCCCC.OCC(O)CO. The van der Waals surface area contributed by atoms with Gasteiger partial charge in [-0.2, -0.15) is 0 Å². The molecule has 4 heteroatoms. The van der Waals surface area contributed by atoms with Gasteiger partial charge >= 0.3 is 0 Å². The average Bonchev–Trinajstić information content (AvgIpc) is 2.69. The number of aliphatic hydroxyl groups is 3. The zero-order valence-electron chi connectivity index (χ0n) is 20.2. The van der Waals surface area contributed by atoms with Gasteiger partial charge in [0.05, 0.1) is 13.2 Å². The summed E-state index contributed by atoms with van der Waals surface area (Å²) in [5, 5.41) is 24.0. The highest BCUT2D eigenvalue weighted by Crippen LogP contribution is 1.91. The molecule has 0 unspecified atom stereocenters. The lowest BCUT2D eigenvalue weighted by atomic mass is 10.3. The second-order valence-electron chi connectivity index (χ2n) is 6.40. The maximum Gasteiger partial charge on any atom is 0.100 e. The van der Waals surface area contributed by atoms with Gasteiger partial charge in [0.2, 0.25) is 0 Å². The van der Waals surface area contributed by atoms with Gasteiger partial charge in [0.25, 0.3) is 0 Å². The first kappa shape index (κ1) is 37.6. The molecule has 0 aromatic heterocycles. The Bertz CT molecular complexity index is 152. The molecule has 0 aromatic rings. The summed E-state index contributed by atoms with van der Waals surface area (Å²) in [6.45, 7) is 18.6. The fourth-order valence-corrected chi connectivity index (χ4v) is 1.01. The van der Waals surface area contributed by atoms with Crippen LogP contribution in [0.15, 0.2) is 0 Å². The minimum absolute atomic E-state index is 0.365. The molecule has 0 aliphatic rings. The second kappa shape index (κ2) is 50.1. The molecular weight excluding hydrogens is 340 g/mol. The Labute approximate surface area is 172 Å². The minimum atomic E-state index is -0.954. The van der Waals surface area contributed by atoms with E-state index in [9.17, 15) is 0 Å². The Balaban J connectivity index is -0.0000000791. The lowest BCUT2D eigenvalue weighted by molar-refractivity contribution is 0.0450. The highest BCUT2D eigenvalue weighted by molar-refractivity contribution is 4.44. The third-order valence-electron chi connectivity index (χ3n) is 2.91. The number of unbranched alkanes of at least 4 members (excludes halogenated alkanes) is 5. The molecule has 27 heavy (non-hydrogen) atoms. The van der Waals surface area contributed by atoms with Crippen LogP contribution in [-0.4, -0.2) is 47.9 Å². The van der Waals surface area contributed by atoms with Crippen molar-refractivity contribution in [3.05, 3.63) is 0 Å². The number of ether oxygens (including phenoxy) is 1. The van der Waals surface area contributed by atoms with E-state index >= 15 is 0 Å². The summed E-state index contributed by atoms with van der Waals surface area (Å²) in [5.74, 6) is 0. The first-order valence-electron chi connectivity index (χ1n) is 11.4. The van der Waals surface area contributed by atoms with E-state index in [0.29, 0.717) is 0 Å². The quantitative estimate of drug-likeness (QED) is 0.356. The lowest BCUT2D eigenvalue weighted by Crippen LogP contribution is -2.15. The van der Waals surface area contributed by atoms with Gasteiger partial charge in [0.1, 0.15) is 6.10 Å². The smallest absolute Gasteiger partial charge is 0.100 e. The van der Waals surface area contributed by atoms with Crippen molar-refractivity contribution < 1.29 is 20.1 Å². The highest BCUT2D eigenvalue weighted by Gasteiger charge is 1.93. The molecule has 0 saturated carbocycles. The van der Waals surface area contributed by atoms with Gasteiger partial charge < -0.3 is 20.1 Å². The van der Waals surface area contributed by atoms with Gasteiger partial charge in [-0.25, -0.2) is 0 Å². The summed E-state index contributed by atoms with van der Waals surface area (Å²) in [4.78, 5) is 0. The fourth-order valence-electron chi connectivity index (χ4n) is 1.01. The van der Waals surface area contributed by atoms with Gasteiger partial charge in [0, 0.05) is 13.2 Å². The molecule has 0 aromatic carbocycles. The van der Waals surface area contributed by atoms with Crippen molar-refractivity contribution in [3.63, 3.8) is 0 Å². The van der Waals surface area contributed by atoms with Crippen LogP contribution in [-0.2, 0) is 4.74 Å². The first-order valence-corrected chi connectivity index (χ1v) is 11.4. The monoisotopic (exact) mass is 396 g/mol. The number of hydrogen-bond acceptors (Lipinski definition) is 4. The summed E-state index contributed by atoms with van der Waals surface area (Å²) < 4.78 is 5.31. The van der Waals surface area contributed by atoms with E-state index in [1.54, 1.807) is 0 Å². The summed E-state index contributed by atoms with van der Waals surface area (Å²) >= 11 is 0. The van der Waals surface area contributed by atoms with E-state index in [1.165, 1.54) is 64.2 Å². The van der Waals surface area contributed by atoms with Crippen LogP contribution in [0.25, 0.3) is 0 Å². The van der Waals surface area contributed by atoms with Crippen LogP contribution in [0, 0.1) is 0 Å². The molecule has 0 aliphatic carbocycles. The molecule has 4 nitrogen and oxygen atoms in total. The molecule has 0 radical (unpaired) electrons. The van der Waals surface area contributed by atoms with Crippen LogP contribution in [0.2, 0.25) is 0 Å². The van der Waals surface area contributed by atoms with E-state index in [4.69, 9.17) is 20.1 Å². The van der Waals surface area contributed by atoms with E-state index in [0.717, 1.165) is 13.2 Å². The van der Waals surface area contributed by atoms with Crippen LogP contribution < -0.4 is 0 Å². The van der Waals surface area contributed by atoms with Crippen molar-refractivity contribution in [2.24, 2.45) is 0 Å². The van der Waals surface area contributed by atoms with Gasteiger partial charge in [-0.1, -0.05) is 107 Å². The summed E-state index contributed by atoms with van der Waals surface area (Å²) in [5.41, 5.74) is 0. The lowest BCUT2D eigenvalue weighted by Gasteiger charge is -1.99. The Hall–Kier alpha value is -0.160. The van der Waals surface area contributed by atoms with Crippen LogP contribution in [0.4, 0.5) is 0 Å². The Morgan fingerprint density at radius 2 is 0.852 bits per heavy atom. The molecule has 0 fully saturated rings. The number of rotatable bonds is 11. The molecule has 0 bridgehead atoms. The Morgan fingerprint density at radius 3 is 0.963 bits per heavy atom. The largest absolute Gasteiger partial charge is 0.394 e. The highest BCUT2D eigenvalue weighted by atomic mass is 16.5. The normalized spacial score (nSPS) is 8.89. The number of aliphatic hydroxyl groups excluding tert-OH is 3. The van der Waals surface area contributed by atoms with Crippen molar-refractivity contribution in [2.75, 3.05) is 26.4 Å². The van der Waals surface area contributed by atoms with E-state index in [2.05, 4.69) is 55.4 Å². The summed E-state index contributed by atoms with van der Waals surface area (Å²) in [7, 11) is 0. The topological polar surface area (TPSA) is 69.9 Å². The molecule has 3 N–H and O–H groups in total. The predicted molar refractivity (Wildman–Crippen MR) is 123 cm³/mol. The van der Waals surface area contributed by atoms with Crippen LogP contribution in [0.3, 0.4) is 0 Å². The van der Waals surface area contributed by atoms with Gasteiger partial charge in [-0.3, -0.25) is 0 Å². The van der Waals surface area contributed by atoms with Crippen LogP contribution in [0.5, 0.6) is 0 Å². The Kier molecular flexibility index (Phi) is 69.7. The average molecular weight is 397 g/mol. The van der Waals surface area contributed by atoms with Gasteiger partial charge in [-0.05, 0) is 12.8 Å². The number of hydrogen-bond donors (Lipinski definition) is 3. The van der Waals surface area contributed by atoms with Gasteiger partial charge in [-0.15, -0.1) is 0 Å². The minimum Gasteiger partial charge on any atom is -0.394 e. The van der Waals surface area contributed by atoms with Crippen LogP contribution >= 0.6 is 0 Å². The van der Waals surface area contributed by atoms with E-state index in [-0.39, 0.29) is 13.2 Å². The standard InChI is InChI=1S/C8H18O.C5H12.C4H10.C3H8O3.C3H8/c1-3-5-7-9-8-6-4-2;1-3-5-4-2;1-3-4-2;4-1-3(6)2-5;1-3-2/h3-8H2,1-2H3;3-5H2,1-2H3;3-4H2,1-2H3;3-6H,1-2H2;3H2,1-2H3. The van der Waals surface area contributed by atoms with E-state index in [1.807, 2.05) is 0 Å².